The van der Waals surface area contributed by atoms with E-state index in [0.29, 0.717) is 43.9 Å². The first-order chi connectivity index (χ1) is 21.1. The molecule has 5 aromatic rings. The van der Waals surface area contributed by atoms with Crippen molar-refractivity contribution < 1.29 is 23.8 Å². The molecule has 216 valence electrons. The average molecular weight is 572 g/mol. The lowest BCUT2D eigenvalue weighted by atomic mass is 9.92. The van der Waals surface area contributed by atoms with Gasteiger partial charge >= 0.3 is 12.1 Å². The van der Waals surface area contributed by atoms with E-state index in [1.54, 1.807) is 0 Å². The zero-order valence-corrected chi connectivity index (χ0v) is 23.9. The van der Waals surface area contributed by atoms with Crippen LogP contribution < -0.4 is 14.8 Å². The summed E-state index contributed by atoms with van der Waals surface area (Å²) in [6, 6.07) is 33.4. The molecule has 1 amide bonds. The van der Waals surface area contributed by atoms with E-state index in [2.05, 4.69) is 11.2 Å². The SMILES string of the molecule is C#CCCCC(=O)Oc1ccc2ccccc2c1-c1c(OCCCNC(=O)OCc2ccccc2)ccc2ccccc12. The summed E-state index contributed by atoms with van der Waals surface area (Å²) in [4.78, 5) is 25.0. The Bertz CT molecular complexity index is 1760. The van der Waals surface area contributed by atoms with Gasteiger partial charge in [0.05, 0.1) is 6.61 Å². The van der Waals surface area contributed by atoms with E-state index in [4.69, 9.17) is 20.6 Å². The molecule has 0 heterocycles. The lowest BCUT2D eigenvalue weighted by Crippen LogP contribution is -2.26. The number of amides is 1. The Hall–Kier alpha value is -5.28. The molecule has 0 aliphatic rings. The molecule has 0 saturated carbocycles. The molecule has 0 spiro atoms. The Kier molecular flexibility index (Phi) is 9.90. The number of carbonyl (C=O) groups is 2. The molecule has 0 atom stereocenters. The van der Waals surface area contributed by atoms with Gasteiger partial charge in [0.25, 0.3) is 0 Å². The number of unbranched alkanes of at least 4 members (excludes halogenated alkanes) is 1. The maximum atomic E-state index is 12.8. The van der Waals surface area contributed by atoms with Gasteiger partial charge in [-0.25, -0.2) is 4.79 Å². The summed E-state index contributed by atoms with van der Waals surface area (Å²) in [5.41, 5.74) is 2.56. The van der Waals surface area contributed by atoms with Crippen LogP contribution in [-0.4, -0.2) is 25.2 Å². The van der Waals surface area contributed by atoms with Crippen LogP contribution in [0.25, 0.3) is 32.7 Å². The van der Waals surface area contributed by atoms with Crippen molar-refractivity contribution in [3.05, 3.63) is 109 Å². The van der Waals surface area contributed by atoms with Crippen LogP contribution >= 0.6 is 0 Å². The number of alkyl carbamates (subject to hydrolysis) is 1. The fraction of sp³-hybridized carbons (Fsp3) is 0.189. The summed E-state index contributed by atoms with van der Waals surface area (Å²) in [6.07, 6.45) is 6.77. The molecule has 0 aliphatic carbocycles. The van der Waals surface area contributed by atoms with Crippen molar-refractivity contribution in [3.8, 4) is 35.0 Å². The fourth-order valence-electron chi connectivity index (χ4n) is 4.95. The topological polar surface area (TPSA) is 73.9 Å². The molecule has 0 aliphatic heterocycles. The average Bonchev–Trinajstić information content (AvgIpc) is 3.04. The quantitative estimate of drug-likeness (QED) is 0.0710. The second kappa shape index (κ2) is 14.6. The molecule has 1 N–H and O–H groups in total. The standard InChI is InChI=1S/C37H33NO5/c1-2-3-5-19-34(39)43-33-23-21-29-16-9-11-18-31(29)36(33)35-30-17-10-8-15-28(30)20-22-32(35)41-25-12-24-38-37(40)42-26-27-13-6-4-7-14-27/h1,4,6-11,13-18,20-23H,3,5,12,19,24-26H2,(H,38,40). The summed E-state index contributed by atoms with van der Waals surface area (Å²) in [6.45, 7) is 0.965. The van der Waals surface area contributed by atoms with Crippen molar-refractivity contribution >= 4 is 33.6 Å². The monoisotopic (exact) mass is 571 g/mol. The number of benzene rings is 5. The molecule has 0 saturated heterocycles. The van der Waals surface area contributed by atoms with Crippen LogP contribution in [-0.2, 0) is 16.1 Å². The van der Waals surface area contributed by atoms with Crippen molar-refractivity contribution in [2.24, 2.45) is 0 Å². The molecule has 0 radical (unpaired) electrons. The molecule has 43 heavy (non-hydrogen) atoms. The van der Waals surface area contributed by atoms with Crippen LogP contribution in [0.5, 0.6) is 11.5 Å². The maximum absolute atomic E-state index is 12.8. The first-order valence-corrected chi connectivity index (χ1v) is 14.4. The summed E-state index contributed by atoms with van der Waals surface area (Å²) in [7, 11) is 0. The van der Waals surface area contributed by atoms with E-state index < -0.39 is 6.09 Å². The maximum Gasteiger partial charge on any atom is 0.407 e. The first kappa shape index (κ1) is 29.2. The van der Waals surface area contributed by atoms with E-state index in [-0.39, 0.29) is 19.0 Å². The van der Waals surface area contributed by atoms with E-state index in [9.17, 15) is 9.59 Å². The second-order valence-corrected chi connectivity index (χ2v) is 10.0. The van der Waals surface area contributed by atoms with Gasteiger partial charge in [-0.2, -0.15) is 0 Å². The van der Waals surface area contributed by atoms with Crippen molar-refractivity contribution in [1.82, 2.24) is 5.32 Å². The van der Waals surface area contributed by atoms with Gasteiger partial charge in [0.2, 0.25) is 0 Å². The number of rotatable bonds is 12. The normalized spacial score (nSPS) is 10.7. The van der Waals surface area contributed by atoms with E-state index in [1.165, 1.54) is 0 Å². The second-order valence-electron chi connectivity index (χ2n) is 10.0. The Labute approximate surface area is 251 Å². The largest absolute Gasteiger partial charge is 0.493 e. The number of fused-ring (bicyclic) bond motifs is 2. The number of nitrogens with one attached hydrogen (secondary N) is 1. The van der Waals surface area contributed by atoms with Gasteiger partial charge in [0.1, 0.15) is 18.1 Å². The minimum atomic E-state index is -0.472. The van der Waals surface area contributed by atoms with Crippen LogP contribution in [0, 0.1) is 12.3 Å². The van der Waals surface area contributed by atoms with Crippen molar-refractivity contribution in [3.63, 3.8) is 0 Å². The van der Waals surface area contributed by atoms with Crippen molar-refractivity contribution in [1.29, 1.82) is 0 Å². The third-order valence-corrected chi connectivity index (χ3v) is 7.02. The Morgan fingerprint density at radius 2 is 1.35 bits per heavy atom. The number of hydrogen-bond acceptors (Lipinski definition) is 5. The lowest BCUT2D eigenvalue weighted by Gasteiger charge is -2.19. The van der Waals surface area contributed by atoms with Gasteiger partial charge in [0, 0.05) is 30.5 Å². The van der Waals surface area contributed by atoms with Gasteiger partial charge in [-0.05, 0) is 52.1 Å². The van der Waals surface area contributed by atoms with Crippen LogP contribution in [0.3, 0.4) is 0 Å². The zero-order chi connectivity index (χ0) is 29.9. The highest BCUT2D eigenvalue weighted by Gasteiger charge is 2.20. The predicted octanol–water partition coefficient (Wildman–Crippen LogP) is 8.06. The molecule has 0 aromatic heterocycles. The summed E-state index contributed by atoms with van der Waals surface area (Å²) >= 11 is 0. The van der Waals surface area contributed by atoms with Gasteiger partial charge in [-0.1, -0.05) is 91.0 Å². The lowest BCUT2D eigenvalue weighted by molar-refractivity contribution is -0.134. The number of terminal acetylenes is 1. The molecular weight excluding hydrogens is 538 g/mol. The third-order valence-electron chi connectivity index (χ3n) is 7.02. The van der Waals surface area contributed by atoms with Gasteiger partial charge < -0.3 is 19.5 Å². The Morgan fingerprint density at radius 3 is 2.05 bits per heavy atom. The third kappa shape index (κ3) is 7.52. The minimum Gasteiger partial charge on any atom is -0.493 e. The summed E-state index contributed by atoms with van der Waals surface area (Å²) < 4.78 is 17.6. The number of esters is 1. The molecule has 0 fully saturated rings. The minimum absolute atomic E-state index is 0.214. The van der Waals surface area contributed by atoms with Crippen LogP contribution in [0.15, 0.2) is 103 Å². The Morgan fingerprint density at radius 1 is 0.721 bits per heavy atom. The highest BCUT2D eigenvalue weighted by atomic mass is 16.5. The highest BCUT2D eigenvalue weighted by Crippen LogP contribution is 2.45. The van der Waals surface area contributed by atoms with Crippen LogP contribution in [0.2, 0.25) is 0 Å². The molecule has 5 rings (SSSR count). The summed E-state index contributed by atoms with van der Waals surface area (Å²) in [5, 5.41) is 6.75. The Balaban J connectivity index is 1.37. The molecule has 6 heteroatoms. The van der Waals surface area contributed by atoms with Crippen LogP contribution in [0.1, 0.15) is 31.2 Å². The van der Waals surface area contributed by atoms with Gasteiger partial charge in [0.15, 0.2) is 0 Å². The summed E-state index contributed by atoms with van der Waals surface area (Å²) in [5.74, 6) is 3.36. The zero-order valence-electron chi connectivity index (χ0n) is 23.9. The molecule has 5 aromatic carbocycles. The molecule has 6 nitrogen and oxygen atoms in total. The smallest absolute Gasteiger partial charge is 0.407 e. The van der Waals surface area contributed by atoms with E-state index in [1.807, 2.05) is 103 Å². The van der Waals surface area contributed by atoms with Crippen molar-refractivity contribution in [2.75, 3.05) is 13.2 Å². The number of carbonyl (C=O) groups excluding carboxylic acids is 2. The predicted molar refractivity (Wildman–Crippen MR) is 170 cm³/mol. The van der Waals surface area contributed by atoms with Gasteiger partial charge in [-0.3, -0.25) is 4.79 Å². The number of ether oxygens (including phenoxy) is 3. The molecular formula is C37H33NO5. The fourth-order valence-corrected chi connectivity index (χ4v) is 4.95. The highest BCUT2D eigenvalue weighted by molar-refractivity contribution is 6.10. The molecule has 0 bridgehead atoms. The van der Waals surface area contributed by atoms with E-state index in [0.717, 1.165) is 38.2 Å². The van der Waals surface area contributed by atoms with E-state index >= 15 is 0 Å². The molecule has 0 unspecified atom stereocenters. The number of hydrogen-bond donors (Lipinski definition) is 1. The van der Waals surface area contributed by atoms with Crippen LogP contribution in [0.4, 0.5) is 4.79 Å². The van der Waals surface area contributed by atoms with Crippen molar-refractivity contribution in [2.45, 2.75) is 32.3 Å². The first-order valence-electron chi connectivity index (χ1n) is 14.4. The van der Waals surface area contributed by atoms with Gasteiger partial charge in [-0.15, -0.1) is 12.3 Å².